The van der Waals surface area contributed by atoms with E-state index >= 15 is 0 Å². The molecule has 0 spiro atoms. The Morgan fingerprint density at radius 1 is 1.33 bits per heavy atom. The molecule has 2 aromatic rings. The van der Waals surface area contributed by atoms with Gasteiger partial charge in [-0.25, -0.2) is 4.79 Å². The van der Waals surface area contributed by atoms with Crippen molar-refractivity contribution in [2.24, 2.45) is 0 Å². The van der Waals surface area contributed by atoms with Crippen LogP contribution in [-0.4, -0.2) is 39.8 Å². The first-order chi connectivity index (χ1) is 13.0. The Labute approximate surface area is 157 Å². The highest BCUT2D eigenvalue weighted by atomic mass is 16.5. The summed E-state index contributed by atoms with van der Waals surface area (Å²) in [4.78, 5) is 27.4. The number of carbonyl (C=O) groups is 2. The SMILES string of the molecule is C/C=C/CC(NC(=O)CCc1nc(-c2ccc(OCC)cc2)no1)C(=O)O. The monoisotopic (exact) mass is 373 g/mol. The van der Waals surface area contributed by atoms with E-state index in [1.807, 2.05) is 31.2 Å². The minimum Gasteiger partial charge on any atom is -0.494 e. The standard InChI is InChI=1S/C19H23N3O5/c1-3-5-6-15(19(24)25)20-16(23)11-12-17-21-18(22-27-17)13-7-9-14(10-8-13)26-4-2/h3,5,7-10,15H,4,6,11-12H2,1-2H3,(H,20,23)(H,24,25)/b5-3+. The molecule has 0 aliphatic rings. The summed E-state index contributed by atoms with van der Waals surface area (Å²) in [5, 5.41) is 15.5. The van der Waals surface area contributed by atoms with Gasteiger partial charge in [-0.05, 0) is 44.5 Å². The van der Waals surface area contributed by atoms with E-state index in [-0.39, 0.29) is 25.2 Å². The number of nitrogens with zero attached hydrogens (tertiary/aromatic N) is 2. The number of amides is 1. The predicted molar refractivity (Wildman–Crippen MR) is 98.2 cm³/mol. The van der Waals surface area contributed by atoms with Crippen LogP contribution in [0, 0.1) is 0 Å². The van der Waals surface area contributed by atoms with Gasteiger partial charge in [-0.15, -0.1) is 0 Å². The van der Waals surface area contributed by atoms with E-state index in [0.717, 1.165) is 11.3 Å². The van der Waals surface area contributed by atoms with Crippen LogP contribution in [0.1, 0.15) is 32.6 Å². The van der Waals surface area contributed by atoms with Gasteiger partial charge in [-0.2, -0.15) is 4.98 Å². The zero-order valence-electron chi connectivity index (χ0n) is 15.3. The van der Waals surface area contributed by atoms with Crippen molar-refractivity contribution in [3.8, 4) is 17.1 Å². The summed E-state index contributed by atoms with van der Waals surface area (Å²) < 4.78 is 10.5. The molecule has 0 saturated carbocycles. The Morgan fingerprint density at radius 3 is 2.70 bits per heavy atom. The third-order valence-electron chi connectivity index (χ3n) is 3.70. The van der Waals surface area contributed by atoms with Gasteiger partial charge < -0.3 is 19.7 Å². The van der Waals surface area contributed by atoms with Crippen LogP contribution in [0.2, 0.25) is 0 Å². The number of aromatic nitrogens is 2. The van der Waals surface area contributed by atoms with Crippen molar-refractivity contribution in [1.82, 2.24) is 15.5 Å². The van der Waals surface area contributed by atoms with Gasteiger partial charge in [-0.1, -0.05) is 17.3 Å². The van der Waals surface area contributed by atoms with Crippen molar-refractivity contribution in [1.29, 1.82) is 0 Å². The van der Waals surface area contributed by atoms with Gasteiger partial charge >= 0.3 is 5.97 Å². The molecule has 27 heavy (non-hydrogen) atoms. The number of nitrogens with one attached hydrogen (secondary N) is 1. The molecule has 0 aliphatic heterocycles. The Balaban J connectivity index is 1.89. The summed E-state index contributed by atoms with van der Waals surface area (Å²) in [5.74, 6) is 0.0385. The van der Waals surface area contributed by atoms with Crippen molar-refractivity contribution < 1.29 is 24.0 Å². The van der Waals surface area contributed by atoms with Crippen LogP contribution < -0.4 is 10.1 Å². The van der Waals surface area contributed by atoms with Gasteiger partial charge in [0.2, 0.25) is 17.6 Å². The number of aliphatic carboxylic acids is 1. The summed E-state index contributed by atoms with van der Waals surface area (Å²) in [6, 6.07) is 6.34. The third kappa shape index (κ3) is 6.25. The molecule has 8 nitrogen and oxygen atoms in total. The minimum absolute atomic E-state index is 0.0601. The fourth-order valence-corrected chi connectivity index (χ4v) is 2.32. The lowest BCUT2D eigenvalue weighted by molar-refractivity contribution is -0.141. The largest absolute Gasteiger partial charge is 0.494 e. The van der Waals surface area contributed by atoms with Gasteiger partial charge in [0.1, 0.15) is 11.8 Å². The van der Waals surface area contributed by atoms with E-state index in [1.165, 1.54) is 0 Å². The third-order valence-corrected chi connectivity index (χ3v) is 3.70. The molecule has 8 heteroatoms. The summed E-state index contributed by atoms with van der Waals surface area (Å²) in [5.41, 5.74) is 0.773. The second-order valence-electron chi connectivity index (χ2n) is 5.73. The molecule has 1 amide bonds. The fraction of sp³-hybridized carbons (Fsp3) is 0.368. The number of carbonyl (C=O) groups excluding carboxylic acids is 1. The van der Waals surface area contributed by atoms with Crippen LogP contribution in [0.3, 0.4) is 0 Å². The topological polar surface area (TPSA) is 115 Å². The van der Waals surface area contributed by atoms with Gasteiger partial charge in [0.15, 0.2) is 0 Å². The molecule has 0 saturated heterocycles. The zero-order chi connectivity index (χ0) is 19.6. The van der Waals surface area contributed by atoms with E-state index < -0.39 is 12.0 Å². The van der Waals surface area contributed by atoms with Crippen LogP contribution in [-0.2, 0) is 16.0 Å². The average Bonchev–Trinajstić information content (AvgIpc) is 3.13. The number of rotatable bonds is 10. The first-order valence-corrected chi connectivity index (χ1v) is 8.72. The maximum atomic E-state index is 12.0. The molecule has 1 unspecified atom stereocenters. The highest BCUT2D eigenvalue weighted by Gasteiger charge is 2.19. The number of benzene rings is 1. The van der Waals surface area contributed by atoms with Crippen LogP contribution in [0.4, 0.5) is 0 Å². The van der Waals surface area contributed by atoms with Crippen LogP contribution in [0.25, 0.3) is 11.4 Å². The quantitative estimate of drug-likeness (QED) is 0.615. The molecule has 1 aromatic carbocycles. The van der Waals surface area contributed by atoms with Gasteiger partial charge in [0.05, 0.1) is 6.61 Å². The highest BCUT2D eigenvalue weighted by molar-refractivity contribution is 5.83. The first kappa shape index (κ1) is 20.2. The number of carboxylic acids is 1. The lowest BCUT2D eigenvalue weighted by atomic mass is 10.2. The molecule has 1 atom stereocenters. The molecular formula is C19H23N3O5. The Bertz CT molecular complexity index is 783. The molecule has 0 bridgehead atoms. The normalized spacial score (nSPS) is 12.1. The molecule has 0 aliphatic carbocycles. The van der Waals surface area contributed by atoms with Crippen LogP contribution in [0.5, 0.6) is 5.75 Å². The van der Waals surface area contributed by atoms with Crippen molar-refractivity contribution in [3.63, 3.8) is 0 Å². The molecule has 2 rings (SSSR count). The summed E-state index contributed by atoms with van der Waals surface area (Å²) >= 11 is 0. The lowest BCUT2D eigenvalue weighted by Gasteiger charge is -2.11. The molecule has 144 valence electrons. The van der Waals surface area contributed by atoms with E-state index in [2.05, 4.69) is 15.5 Å². The molecule has 0 radical (unpaired) electrons. The number of hydrogen-bond acceptors (Lipinski definition) is 6. The van der Waals surface area contributed by atoms with Crippen molar-refractivity contribution >= 4 is 11.9 Å². The van der Waals surface area contributed by atoms with Crippen molar-refractivity contribution in [2.45, 2.75) is 39.2 Å². The predicted octanol–water partition coefficient (Wildman–Crippen LogP) is 2.60. The zero-order valence-corrected chi connectivity index (χ0v) is 15.3. The van der Waals surface area contributed by atoms with E-state index in [1.54, 1.807) is 19.1 Å². The second kappa shape index (κ2) is 10.1. The van der Waals surface area contributed by atoms with Gasteiger partial charge in [0.25, 0.3) is 0 Å². The Kier molecular flexibility index (Phi) is 7.54. The average molecular weight is 373 g/mol. The minimum atomic E-state index is -1.07. The summed E-state index contributed by atoms with van der Waals surface area (Å²) in [6.45, 7) is 4.29. The van der Waals surface area contributed by atoms with E-state index in [4.69, 9.17) is 14.4 Å². The lowest BCUT2D eigenvalue weighted by Crippen LogP contribution is -2.40. The van der Waals surface area contributed by atoms with E-state index in [0.29, 0.717) is 18.3 Å². The maximum Gasteiger partial charge on any atom is 0.326 e. The summed E-state index contributed by atoms with van der Waals surface area (Å²) in [7, 11) is 0. The molecule has 1 aromatic heterocycles. The Morgan fingerprint density at radius 2 is 2.07 bits per heavy atom. The number of carboxylic acid groups (broad SMARTS) is 1. The van der Waals surface area contributed by atoms with Crippen LogP contribution >= 0.6 is 0 Å². The molecule has 2 N–H and O–H groups in total. The Hall–Kier alpha value is -3.16. The second-order valence-corrected chi connectivity index (χ2v) is 5.73. The number of allylic oxidation sites excluding steroid dienone is 1. The molecular weight excluding hydrogens is 350 g/mol. The van der Waals surface area contributed by atoms with E-state index in [9.17, 15) is 9.59 Å². The van der Waals surface area contributed by atoms with Gasteiger partial charge in [0, 0.05) is 18.4 Å². The number of aryl methyl sites for hydroxylation is 1. The first-order valence-electron chi connectivity index (χ1n) is 8.72. The molecule has 1 heterocycles. The maximum absolute atomic E-state index is 12.0. The van der Waals surface area contributed by atoms with Crippen molar-refractivity contribution in [3.05, 3.63) is 42.3 Å². The van der Waals surface area contributed by atoms with Crippen molar-refractivity contribution in [2.75, 3.05) is 6.61 Å². The molecule has 0 fully saturated rings. The van der Waals surface area contributed by atoms with Gasteiger partial charge in [-0.3, -0.25) is 4.79 Å². The number of ether oxygens (including phenoxy) is 1. The highest BCUT2D eigenvalue weighted by Crippen LogP contribution is 2.20. The summed E-state index contributed by atoms with van der Waals surface area (Å²) in [6.07, 6.45) is 3.96. The fourth-order valence-electron chi connectivity index (χ4n) is 2.32. The van der Waals surface area contributed by atoms with Crippen LogP contribution in [0.15, 0.2) is 40.9 Å². The smallest absolute Gasteiger partial charge is 0.326 e. The number of hydrogen-bond donors (Lipinski definition) is 2.